The Labute approximate surface area is 180 Å². The van der Waals surface area contributed by atoms with Crippen LogP contribution in [0.1, 0.15) is 5.56 Å². The molecule has 160 valence electrons. The molecular weight excluding hydrogens is 468 g/mol. The van der Waals surface area contributed by atoms with E-state index in [2.05, 4.69) is 4.98 Å². The number of sulfone groups is 2. The van der Waals surface area contributed by atoms with Crippen LogP contribution in [0.3, 0.4) is 0 Å². The molecule has 0 aliphatic carbocycles. The Morgan fingerprint density at radius 3 is 2.06 bits per heavy atom. The molecule has 2 aromatic heterocycles. The number of benzene rings is 2. The van der Waals surface area contributed by atoms with Crippen LogP contribution in [0, 0.1) is 11.6 Å². The lowest BCUT2D eigenvalue weighted by atomic mass is 10.2. The van der Waals surface area contributed by atoms with E-state index >= 15 is 0 Å². The first-order valence-corrected chi connectivity index (χ1v) is 12.7. The molecule has 0 aliphatic rings. The van der Waals surface area contributed by atoms with Crippen molar-refractivity contribution in [2.45, 2.75) is 20.8 Å². The van der Waals surface area contributed by atoms with Gasteiger partial charge in [-0.05, 0) is 53.4 Å². The summed E-state index contributed by atoms with van der Waals surface area (Å²) >= 11 is 1.19. The summed E-state index contributed by atoms with van der Waals surface area (Å²) in [7, 11) is -8.77. The molecule has 0 amide bonds. The minimum Gasteiger partial charge on any atom is -0.422 e. The third-order valence-electron chi connectivity index (χ3n) is 4.23. The average Bonchev–Trinajstić information content (AvgIpc) is 3.40. The van der Waals surface area contributed by atoms with Crippen LogP contribution in [0.15, 0.2) is 85.5 Å². The molecule has 31 heavy (non-hydrogen) atoms. The summed E-state index contributed by atoms with van der Waals surface area (Å²) in [5.74, 6) is -1.99. The van der Waals surface area contributed by atoms with Crippen molar-refractivity contribution in [3.8, 4) is 10.8 Å². The van der Waals surface area contributed by atoms with Gasteiger partial charge >= 0.3 is 0 Å². The van der Waals surface area contributed by atoms with Gasteiger partial charge in [-0.15, -0.1) is 11.3 Å². The summed E-state index contributed by atoms with van der Waals surface area (Å²) in [6.45, 7) is 0. The van der Waals surface area contributed by atoms with Crippen molar-refractivity contribution >= 4 is 31.0 Å². The summed E-state index contributed by atoms with van der Waals surface area (Å²) in [6, 6.07) is 11.9. The van der Waals surface area contributed by atoms with Crippen molar-refractivity contribution in [3.63, 3.8) is 0 Å². The number of hydrogen-bond acceptors (Lipinski definition) is 7. The van der Waals surface area contributed by atoms with E-state index in [-0.39, 0.29) is 16.3 Å². The fraction of sp³-hybridized carbons (Fsp3) is 0.0500. The second kappa shape index (κ2) is 7.98. The molecule has 6 nitrogen and oxygen atoms in total. The van der Waals surface area contributed by atoms with Crippen LogP contribution in [-0.4, -0.2) is 21.8 Å². The van der Waals surface area contributed by atoms with Gasteiger partial charge in [0.25, 0.3) is 5.09 Å². The third kappa shape index (κ3) is 4.29. The van der Waals surface area contributed by atoms with Crippen LogP contribution in [-0.2, 0) is 25.4 Å². The van der Waals surface area contributed by atoms with Crippen LogP contribution in [0.5, 0.6) is 0 Å². The van der Waals surface area contributed by atoms with E-state index in [1.165, 1.54) is 23.5 Å². The van der Waals surface area contributed by atoms with Crippen molar-refractivity contribution in [3.05, 3.63) is 83.2 Å². The van der Waals surface area contributed by atoms with E-state index in [1.54, 1.807) is 17.5 Å². The van der Waals surface area contributed by atoms with Gasteiger partial charge in [0.1, 0.15) is 11.6 Å². The fourth-order valence-electron chi connectivity index (χ4n) is 2.76. The Bertz CT molecular complexity index is 1430. The van der Waals surface area contributed by atoms with Crippen LogP contribution in [0.2, 0.25) is 0 Å². The van der Waals surface area contributed by atoms with Gasteiger partial charge in [0.05, 0.1) is 15.5 Å². The summed E-state index contributed by atoms with van der Waals surface area (Å²) in [4.78, 5) is 4.06. The number of aromatic nitrogens is 1. The molecule has 4 aromatic rings. The van der Waals surface area contributed by atoms with Crippen molar-refractivity contribution in [2.24, 2.45) is 0 Å². The highest BCUT2D eigenvalue weighted by Crippen LogP contribution is 2.34. The standard InChI is InChI=1S/C20H13F2NO5S3/c21-14-5-3-13(4-6-14)12-30(24,25)20-19(23-18(28-20)17-2-1-11-29-17)31(26,27)16-9-7-15(22)8-10-16/h1-11H,12H2. The maximum atomic E-state index is 13.3. The predicted octanol–water partition coefficient (Wildman–Crippen LogP) is 4.49. The molecule has 0 radical (unpaired) electrons. The van der Waals surface area contributed by atoms with Crippen molar-refractivity contribution in [1.82, 2.24) is 4.98 Å². The molecule has 0 saturated heterocycles. The highest BCUT2D eigenvalue weighted by atomic mass is 32.2. The lowest BCUT2D eigenvalue weighted by Crippen LogP contribution is -2.11. The fourth-order valence-corrected chi connectivity index (χ4v) is 6.58. The first kappa shape index (κ1) is 21.3. The number of rotatable bonds is 6. The van der Waals surface area contributed by atoms with Crippen molar-refractivity contribution in [1.29, 1.82) is 0 Å². The molecule has 4 rings (SSSR count). The second-order valence-electron chi connectivity index (χ2n) is 6.43. The normalized spacial score (nSPS) is 12.2. The quantitative estimate of drug-likeness (QED) is 0.377. The van der Waals surface area contributed by atoms with E-state index in [4.69, 9.17) is 4.42 Å². The summed E-state index contributed by atoms with van der Waals surface area (Å²) in [5.41, 5.74) is 0.237. The zero-order valence-corrected chi connectivity index (χ0v) is 18.0. The van der Waals surface area contributed by atoms with Crippen LogP contribution >= 0.6 is 11.3 Å². The number of nitrogens with zero attached hydrogens (tertiary/aromatic N) is 1. The van der Waals surface area contributed by atoms with Crippen LogP contribution in [0.25, 0.3) is 10.8 Å². The smallest absolute Gasteiger partial charge is 0.258 e. The highest BCUT2D eigenvalue weighted by molar-refractivity contribution is 7.94. The Morgan fingerprint density at radius 1 is 0.871 bits per heavy atom. The summed E-state index contributed by atoms with van der Waals surface area (Å²) in [5, 5.41) is 0.0783. The number of oxazole rings is 1. The van der Waals surface area contributed by atoms with Gasteiger partial charge in [0, 0.05) is 0 Å². The molecule has 2 heterocycles. The molecule has 2 aromatic carbocycles. The second-order valence-corrected chi connectivity index (χ2v) is 11.1. The van der Waals surface area contributed by atoms with Crippen molar-refractivity contribution in [2.75, 3.05) is 0 Å². The Hall–Kier alpha value is -2.89. The molecule has 0 aliphatic heterocycles. The van der Waals surface area contributed by atoms with Gasteiger partial charge in [-0.1, -0.05) is 18.2 Å². The van der Waals surface area contributed by atoms with Crippen LogP contribution < -0.4 is 0 Å². The molecule has 0 N–H and O–H groups in total. The zero-order chi connectivity index (χ0) is 22.2. The number of halogens is 2. The molecule has 0 atom stereocenters. The monoisotopic (exact) mass is 481 g/mol. The zero-order valence-electron chi connectivity index (χ0n) is 15.5. The number of hydrogen-bond donors (Lipinski definition) is 0. The van der Waals surface area contributed by atoms with E-state index in [9.17, 15) is 25.6 Å². The van der Waals surface area contributed by atoms with E-state index in [0.717, 1.165) is 36.4 Å². The molecule has 0 fully saturated rings. The van der Waals surface area contributed by atoms with Gasteiger partial charge in [-0.2, -0.15) is 4.98 Å². The van der Waals surface area contributed by atoms with Crippen LogP contribution in [0.4, 0.5) is 8.78 Å². The summed E-state index contributed by atoms with van der Waals surface area (Å²) in [6.07, 6.45) is 0. The molecule has 0 unspecified atom stereocenters. The third-order valence-corrected chi connectivity index (χ3v) is 8.45. The largest absolute Gasteiger partial charge is 0.422 e. The minimum atomic E-state index is -4.44. The van der Waals surface area contributed by atoms with Crippen molar-refractivity contribution < 1.29 is 30.0 Å². The van der Waals surface area contributed by atoms with Gasteiger partial charge < -0.3 is 4.42 Å². The average molecular weight is 482 g/mol. The van der Waals surface area contributed by atoms with Gasteiger partial charge in [0.2, 0.25) is 30.6 Å². The lowest BCUT2D eigenvalue weighted by Gasteiger charge is -2.05. The Kier molecular flexibility index (Phi) is 5.50. The van der Waals surface area contributed by atoms with Gasteiger partial charge in [0.15, 0.2) is 0 Å². The first-order chi connectivity index (χ1) is 14.7. The van der Waals surface area contributed by atoms with E-state index in [1.807, 2.05) is 0 Å². The highest BCUT2D eigenvalue weighted by Gasteiger charge is 2.35. The maximum Gasteiger partial charge on any atom is 0.258 e. The molecule has 0 bridgehead atoms. The topological polar surface area (TPSA) is 94.3 Å². The SMILES string of the molecule is O=S(=O)(Cc1ccc(F)cc1)c1oc(-c2cccs2)nc1S(=O)(=O)c1ccc(F)cc1. The molecular formula is C20H13F2NO5S3. The first-order valence-electron chi connectivity index (χ1n) is 8.69. The maximum absolute atomic E-state index is 13.3. The molecule has 0 saturated carbocycles. The number of thiophene rings is 1. The molecule has 0 spiro atoms. The Balaban J connectivity index is 1.86. The van der Waals surface area contributed by atoms with Gasteiger partial charge in [-0.3, -0.25) is 0 Å². The molecule has 11 heteroatoms. The van der Waals surface area contributed by atoms with Gasteiger partial charge in [-0.25, -0.2) is 25.6 Å². The summed E-state index contributed by atoms with van der Waals surface area (Å²) < 4.78 is 84.3. The lowest BCUT2D eigenvalue weighted by molar-refractivity contribution is 0.445. The minimum absolute atomic E-state index is 0.173. The van der Waals surface area contributed by atoms with E-state index < -0.39 is 47.2 Å². The van der Waals surface area contributed by atoms with E-state index in [0.29, 0.717) is 4.88 Å². The Morgan fingerprint density at radius 2 is 1.48 bits per heavy atom. The predicted molar refractivity (Wildman–Crippen MR) is 109 cm³/mol.